The van der Waals surface area contributed by atoms with Gasteiger partial charge in [-0.2, -0.15) is 0 Å². The fraction of sp³-hybridized carbons (Fsp3) is 0.652. The third-order valence-corrected chi connectivity index (χ3v) is 12.2. The first kappa shape index (κ1) is 70.7. The highest BCUT2D eigenvalue weighted by Crippen LogP contribution is 2.14. The molecule has 0 aliphatic rings. The van der Waals surface area contributed by atoms with Gasteiger partial charge < -0.3 is 28.5 Å². The highest BCUT2D eigenvalue weighted by molar-refractivity contribution is 5.71. The van der Waals surface area contributed by atoms with Gasteiger partial charge in [0.2, 0.25) is 0 Å². The van der Waals surface area contributed by atoms with E-state index in [2.05, 4.69) is 135 Å². The monoisotopic (exact) mass is 1040 g/mol. The van der Waals surface area contributed by atoms with Gasteiger partial charge in [0.25, 0.3) is 6.29 Å². The van der Waals surface area contributed by atoms with Crippen LogP contribution in [0, 0.1) is 0 Å². The number of hydrogen-bond acceptors (Lipinski definition) is 7. The van der Waals surface area contributed by atoms with Gasteiger partial charge in [-0.05, 0) is 109 Å². The van der Waals surface area contributed by atoms with Crippen molar-refractivity contribution >= 4 is 17.9 Å². The maximum Gasteiger partial charge on any atom is 0.361 e. The van der Waals surface area contributed by atoms with Crippen LogP contribution in [-0.2, 0) is 33.3 Å². The van der Waals surface area contributed by atoms with E-state index in [0.717, 1.165) is 122 Å². The van der Waals surface area contributed by atoms with Crippen LogP contribution in [0.1, 0.15) is 219 Å². The Morgan fingerprint density at radius 1 is 0.413 bits per heavy atom. The number of likely N-dealkylation sites (N-methyl/N-ethyl adjacent to an activating group) is 1. The summed E-state index contributed by atoms with van der Waals surface area (Å²) < 4.78 is 22.8. The van der Waals surface area contributed by atoms with E-state index in [-0.39, 0.29) is 38.6 Å². The van der Waals surface area contributed by atoms with E-state index in [9.17, 15) is 19.5 Å². The lowest BCUT2D eigenvalue weighted by Crippen LogP contribution is -2.40. The summed E-state index contributed by atoms with van der Waals surface area (Å²) in [6.07, 6.45) is 75.6. The van der Waals surface area contributed by atoms with Crippen molar-refractivity contribution in [2.75, 3.05) is 47.5 Å². The van der Waals surface area contributed by atoms with E-state index >= 15 is 0 Å². The SMILES string of the molecule is CC/C=C\C/C=C\C/C=C\C/C=C\C/C=C\C/C=C\C/C=C\C/C=C\C/C=C\CCCCCCCCCC(=O)OC(COC(=O)CCCCCCC/C=C\CCCCCCCC)COC(OCC[N+](C)(C)C)C(=O)O. The Morgan fingerprint density at radius 2 is 0.760 bits per heavy atom. The Hall–Kier alpha value is -4.31. The van der Waals surface area contributed by atoms with Crippen LogP contribution < -0.4 is 0 Å². The quantitative estimate of drug-likeness (QED) is 0.0211. The minimum atomic E-state index is -1.52. The molecule has 0 amide bonds. The predicted octanol–water partition coefficient (Wildman–Crippen LogP) is 17.7. The van der Waals surface area contributed by atoms with Gasteiger partial charge in [0, 0.05) is 12.8 Å². The van der Waals surface area contributed by atoms with Crippen LogP contribution in [0.2, 0.25) is 0 Å². The van der Waals surface area contributed by atoms with Crippen molar-refractivity contribution in [3.63, 3.8) is 0 Å². The third kappa shape index (κ3) is 57.2. The summed E-state index contributed by atoms with van der Waals surface area (Å²) in [5.41, 5.74) is 0. The summed E-state index contributed by atoms with van der Waals surface area (Å²) in [6.45, 7) is 4.72. The Kier molecular flexibility index (Phi) is 52.7. The topological polar surface area (TPSA) is 108 Å². The first-order chi connectivity index (χ1) is 36.6. The zero-order valence-electron chi connectivity index (χ0n) is 48.4. The van der Waals surface area contributed by atoms with Crippen molar-refractivity contribution in [2.24, 2.45) is 0 Å². The minimum Gasteiger partial charge on any atom is -0.477 e. The average Bonchev–Trinajstić information content (AvgIpc) is 3.38. The Balaban J connectivity index is 4.25. The number of allylic oxidation sites excluding steroid dienone is 20. The van der Waals surface area contributed by atoms with E-state index < -0.39 is 24.3 Å². The molecule has 0 aromatic heterocycles. The molecule has 0 spiro atoms. The van der Waals surface area contributed by atoms with Gasteiger partial charge in [0.1, 0.15) is 13.2 Å². The second-order valence-electron chi connectivity index (χ2n) is 20.6. The zero-order chi connectivity index (χ0) is 54.8. The molecule has 0 bridgehead atoms. The lowest BCUT2D eigenvalue weighted by molar-refractivity contribution is -0.870. The number of ether oxygens (including phenoxy) is 4. The van der Waals surface area contributed by atoms with E-state index in [0.29, 0.717) is 17.4 Å². The van der Waals surface area contributed by atoms with Crippen molar-refractivity contribution in [3.8, 4) is 0 Å². The van der Waals surface area contributed by atoms with Crippen molar-refractivity contribution in [1.29, 1.82) is 0 Å². The van der Waals surface area contributed by atoms with Crippen LogP contribution >= 0.6 is 0 Å². The molecule has 9 heteroatoms. The second kappa shape index (κ2) is 55.9. The molecule has 0 aromatic rings. The highest BCUT2D eigenvalue weighted by Gasteiger charge is 2.25. The van der Waals surface area contributed by atoms with E-state index in [1.54, 1.807) is 0 Å². The number of unbranched alkanes of at least 4 members (excludes halogenated alkanes) is 18. The van der Waals surface area contributed by atoms with Gasteiger partial charge in [-0.1, -0.05) is 219 Å². The molecule has 0 aromatic carbocycles. The van der Waals surface area contributed by atoms with Gasteiger partial charge in [-0.15, -0.1) is 0 Å². The molecule has 0 fully saturated rings. The lowest BCUT2D eigenvalue weighted by atomic mass is 10.1. The van der Waals surface area contributed by atoms with Crippen LogP contribution in [0.5, 0.6) is 0 Å². The number of quaternary nitrogens is 1. The molecular weight excluding hydrogens is 935 g/mol. The van der Waals surface area contributed by atoms with Crippen molar-refractivity contribution < 1.29 is 42.9 Å². The van der Waals surface area contributed by atoms with Gasteiger partial charge >= 0.3 is 17.9 Å². The van der Waals surface area contributed by atoms with E-state index in [4.69, 9.17) is 18.9 Å². The van der Waals surface area contributed by atoms with E-state index in [1.807, 2.05) is 21.1 Å². The standard InChI is InChI=1S/C66H109NO8/c1-6-8-10-12-14-16-18-20-22-23-24-25-26-27-28-29-30-31-32-33-34-35-36-37-38-39-40-41-43-45-47-49-51-53-55-57-64(69)75-62(61-74-66(65(70)71)72-59-58-67(3,4)5)60-73-63(68)56-54-52-50-48-46-44-42-21-19-17-15-13-11-9-7-2/h8,10,14,16,20-22,24-25,27-28,30-31,33-34,36-37,39-40,42,62,66H,6-7,9,11-13,15,17-19,23,26,29,32,35,38,41,43-61H2,1-5H3/p+1/b10-8-,16-14-,22-20-,25-24-,28-27-,31-30-,34-33-,37-36-,40-39-,42-21-. The maximum atomic E-state index is 12.9. The molecule has 2 atom stereocenters. The van der Waals surface area contributed by atoms with Crippen molar-refractivity contribution in [1.82, 2.24) is 0 Å². The predicted molar refractivity (Wildman–Crippen MR) is 318 cm³/mol. The van der Waals surface area contributed by atoms with Crippen LogP contribution in [0.4, 0.5) is 0 Å². The first-order valence-corrected chi connectivity index (χ1v) is 29.7. The van der Waals surface area contributed by atoms with E-state index in [1.165, 1.54) is 64.2 Å². The summed E-state index contributed by atoms with van der Waals surface area (Å²) in [5, 5.41) is 9.70. The van der Waals surface area contributed by atoms with Gasteiger partial charge in [0.05, 0.1) is 34.4 Å². The average molecular weight is 1050 g/mol. The number of aliphatic carboxylic acids is 1. The number of carbonyl (C=O) groups excluding carboxylic acids is 2. The van der Waals surface area contributed by atoms with Crippen LogP contribution in [0.3, 0.4) is 0 Å². The number of nitrogens with zero attached hydrogens (tertiary/aromatic N) is 1. The molecule has 0 aliphatic heterocycles. The number of hydrogen-bond donors (Lipinski definition) is 1. The second-order valence-corrected chi connectivity index (χ2v) is 20.6. The lowest BCUT2D eigenvalue weighted by Gasteiger charge is -2.25. The summed E-state index contributed by atoms with van der Waals surface area (Å²) in [5.74, 6) is -2.04. The highest BCUT2D eigenvalue weighted by atomic mass is 16.7. The van der Waals surface area contributed by atoms with Gasteiger partial charge in [0.15, 0.2) is 6.10 Å². The van der Waals surface area contributed by atoms with Crippen LogP contribution in [0.15, 0.2) is 122 Å². The Morgan fingerprint density at radius 3 is 1.15 bits per heavy atom. The molecule has 75 heavy (non-hydrogen) atoms. The van der Waals surface area contributed by atoms with Gasteiger partial charge in [-0.3, -0.25) is 9.59 Å². The number of carbonyl (C=O) groups is 3. The summed E-state index contributed by atoms with van der Waals surface area (Å²) in [7, 11) is 5.95. The molecule has 2 unspecified atom stereocenters. The fourth-order valence-corrected chi connectivity index (χ4v) is 7.65. The third-order valence-electron chi connectivity index (χ3n) is 12.2. The largest absolute Gasteiger partial charge is 0.477 e. The molecule has 0 heterocycles. The smallest absolute Gasteiger partial charge is 0.361 e. The zero-order valence-corrected chi connectivity index (χ0v) is 48.4. The molecule has 426 valence electrons. The van der Waals surface area contributed by atoms with Crippen molar-refractivity contribution in [2.45, 2.75) is 232 Å². The molecule has 9 nitrogen and oxygen atoms in total. The number of esters is 2. The molecule has 0 radical (unpaired) electrons. The summed E-state index contributed by atoms with van der Waals surface area (Å²) >= 11 is 0. The molecule has 0 saturated carbocycles. The Labute approximate surface area is 459 Å². The maximum absolute atomic E-state index is 12.9. The normalized spacial score (nSPS) is 13.7. The molecule has 0 saturated heterocycles. The number of carboxylic acids is 1. The number of rotatable bonds is 53. The molecular formula is C66H110NO8+. The van der Waals surface area contributed by atoms with Gasteiger partial charge in [-0.25, -0.2) is 4.79 Å². The van der Waals surface area contributed by atoms with Crippen LogP contribution in [-0.4, -0.2) is 87.4 Å². The van der Waals surface area contributed by atoms with Crippen molar-refractivity contribution in [3.05, 3.63) is 122 Å². The minimum absolute atomic E-state index is 0.178. The molecule has 0 aliphatic carbocycles. The first-order valence-electron chi connectivity index (χ1n) is 29.7. The molecule has 0 rings (SSSR count). The van der Waals surface area contributed by atoms with Crippen LogP contribution in [0.25, 0.3) is 0 Å². The summed E-state index contributed by atoms with van der Waals surface area (Å²) in [4.78, 5) is 37.4. The Bertz CT molecular complexity index is 1640. The summed E-state index contributed by atoms with van der Waals surface area (Å²) in [6, 6.07) is 0. The fourth-order valence-electron chi connectivity index (χ4n) is 7.65. The molecule has 1 N–H and O–H groups in total. The number of carboxylic acid groups (broad SMARTS) is 1.